The molecule has 3 aliphatic heterocycles. The molecule has 188 valence electrons. The van der Waals surface area contributed by atoms with Gasteiger partial charge in [0.05, 0.1) is 13.2 Å². The van der Waals surface area contributed by atoms with Crippen molar-refractivity contribution in [3.8, 4) is 0 Å². The van der Waals surface area contributed by atoms with Crippen LogP contribution in [0.1, 0.15) is 35.6 Å². The van der Waals surface area contributed by atoms with Gasteiger partial charge in [-0.25, -0.2) is 0 Å². The largest absolute Gasteiger partial charge is 0.346 e. The van der Waals surface area contributed by atoms with Crippen LogP contribution in [-0.4, -0.2) is 37.6 Å². The summed E-state index contributed by atoms with van der Waals surface area (Å²) in [5, 5.41) is 1.81. The average molecular weight is 550 g/mol. The maximum atomic E-state index is 6.48. The number of ether oxygens (including phenoxy) is 6. The minimum Gasteiger partial charge on any atom is -0.346 e. The quantitative estimate of drug-likeness (QED) is 0.363. The van der Waals surface area contributed by atoms with Crippen LogP contribution in [0.25, 0.3) is 0 Å². The molecule has 0 spiro atoms. The molecule has 0 aromatic heterocycles. The summed E-state index contributed by atoms with van der Waals surface area (Å²) in [5.74, 6) is 0. The number of benzene rings is 3. The van der Waals surface area contributed by atoms with Crippen molar-refractivity contribution in [3.05, 3.63) is 105 Å². The lowest BCUT2D eigenvalue weighted by molar-refractivity contribution is -0.373. The Morgan fingerprint density at radius 3 is 1.36 bits per heavy atom. The van der Waals surface area contributed by atoms with E-state index in [0.717, 1.165) is 16.7 Å². The molecule has 3 saturated heterocycles. The molecule has 36 heavy (non-hydrogen) atoms. The molecule has 3 aromatic rings. The highest BCUT2D eigenvalue weighted by Crippen LogP contribution is 2.42. The van der Waals surface area contributed by atoms with E-state index in [1.807, 2.05) is 66.7 Å². The van der Waals surface area contributed by atoms with E-state index in [1.54, 1.807) is 6.07 Å². The second kappa shape index (κ2) is 10.6. The third-order valence-electron chi connectivity index (χ3n) is 6.40. The van der Waals surface area contributed by atoms with Crippen molar-refractivity contribution >= 4 is 34.8 Å². The molecule has 0 N–H and O–H groups in total. The summed E-state index contributed by atoms with van der Waals surface area (Å²) in [6.45, 7) is 0.628. The van der Waals surface area contributed by atoms with E-state index in [2.05, 4.69) is 0 Å². The van der Waals surface area contributed by atoms with Crippen molar-refractivity contribution in [1.29, 1.82) is 0 Å². The van der Waals surface area contributed by atoms with Gasteiger partial charge < -0.3 is 28.4 Å². The van der Waals surface area contributed by atoms with E-state index in [-0.39, 0.29) is 0 Å². The van der Waals surface area contributed by atoms with Crippen molar-refractivity contribution in [2.24, 2.45) is 0 Å². The molecule has 0 aliphatic carbocycles. The maximum absolute atomic E-state index is 6.48. The van der Waals surface area contributed by atoms with Crippen LogP contribution in [0.5, 0.6) is 0 Å². The van der Waals surface area contributed by atoms with Gasteiger partial charge in [0.25, 0.3) is 0 Å². The van der Waals surface area contributed by atoms with Crippen LogP contribution in [0.2, 0.25) is 15.1 Å². The highest BCUT2D eigenvalue weighted by atomic mass is 35.5. The Bertz CT molecular complexity index is 1230. The monoisotopic (exact) mass is 548 g/mol. The summed E-state index contributed by atoms with van der Waals surface area (Å²) in [4.78, 5) is 0. The molecule has 6 rings (SSSR count). The van der Waals surface area contributed by atoms with Crippen LogP contribution in [0.4, 0.5) is 0 Å². The van der Waals surface area contributed by atoms with Gasteiger partial charge in [0.2, 0.25) is 0 Å². The smallest absolute Gasteiger partial charge is 0.185 e. The first-order chi connectivity index (χ1) is 17.5. The summed E-state index contributed by atoms with van der Waals surface area (Å²) in [6.07, 6.45) is -3.62. The van der Waals surface area contributed by atoms with Crippen molar-refractivity contribution < 1.29 is 28.4 Å². The van der Waals surface area contributed by atoms with Gasteiger partial charge in [-0.2, -0.15) is 0 Å². The van der Waals surface area contributed by atoms with Gasteiger partial charge in [-0.1, -0.05) is 71.2 Å². The maximum Gasteiger partial charge on any atom is 0.185 e. The highest BCUT2D eigenvalue weighted by Gasteiger charge is 2.50. The van der Waals surface area contributed by atoms with Gasteiger partial charge in [0.1, 0.15) is 24.4 Å². The second-order valence-electron chi connectivity index (χ2n) is 8.88. The summed E-state index contributed by atoms with van der Waals surface area (Å²) in [5.41, 5.74) is 2.45. The number of halogens is 3. The van der Waals surface area contributed by atoms with E-state index in [9.17, 15) is 0 Å². The zero-order chi connectivity index (χ0) is 24.6. The lowest BCUT2D eigenvalue weighted by atomic mass is 9.99. The van der Waals surface area contributed by atoms with Crippen molar-refractivity contribution in [2.75, 3.05) is 13.2 Å². The molecular weight excluding hydrogens is 527 g/mol. The Hall–Kier alpha value is -1.71. The van der Waals surface area contributed by atoms with Crippen LogP contribution in [-0.2, 0) is 28.4 Å². The lowest BCUT2D eigenvalue weighted by Gasteiger charge is -2.47. The summed E-state index contributed by atoms with van der Waals surface area (Å²) >= 11 is 18.6. The third-order valence-corrected chi connectivity index (χ3v) is 7.11. The minimum atomic E-state index is -0.668. The first-order valence-corrected chi connectivity index (χ1v) is 12.8. The first-order valence-electron chi connectivity index (χ1n) is 11.6. The summed E-state index contributed by atoms with van der Waals surface area (Å²) in [7, 11) is 0. The Morgan fingerprint density at radius 2 is 0.889 bits per heavy atom. The van der Waals surface area contributed by atoms with E-state index in [1.165, 1.54) is 0 Å². The van der Waals surface area contributed by atoms with Gasteiger partial charge in [0, 0.05) is 31.8 Å². The first kappa shape index (κ1) is 24.6. The molecule has 0 amide bonds. The standard InChI is InChI=1S/C27H23Cl3O6/c28-18-7-1-4-15(10-18)25-31-13-21(33-25)24-23-22(34-27(36-24)17-6-3-9-20(30)12-17)14-32-26(35-23)16-5-2-8-19(29)11-16/h1-12,21-27H,13-14H2/t21-,22+,23+,24+,25?,26?,27?/m1/s1. The van der Waals surface area contributed by atoms with Crippen LogP contribution >= 0.6 is 34.8 Å². The SMILES string of the molecule is Clc1cccc(C2OC[C@@H]3OC(c4cccc(Cl)c4)O[C@@H]([C@H]4COC(c5cccc(Cl)c5)O4)[C@H]3O2)c1. The fourth-order valence-corrected chi connectivity index (χ4v) is 5.32. The molecule has 3 heterocycles. The number of hydrogen-bond acceptors (Lipinski definition) is 6. The fourth-order valence-electron chi connectivity index (χ4n) is 4.72. The van der Waals surface area contributed by atoms with Crippen molar-refractivity contribution in [2.45, 2.75) is 43.3 Å². The fraction of sp³-hybridized carbons (Fsp3) is 0.333. The van der Waals surface area contributed by atoms with Gasteiger partial charge in [0.15, 0.2) is 18.9 Å². The van der Waals surface area contributed by atoms with E-state index in [0.29, 0.717) is 28.3 Å². The number of rotatable bonds is 4. The van der Waals surface area contributed by atoms with Crippen LogP contribution in [0, 0.1) is 0 Å². The Kier molecular flexibility index (Phi) is 7.23. The van der Waals surface area contributed by atoms with Gasteiger partial charge >= 0.3 is 0 Å². The number of fused-ring (bicyclic) bond motifs is 1. The van der Waals surface area contributed by atoms with E-state index in [4.69, 9.17) is 63.2 Å². The molecule has 6 nitrogen and oxygen atoms in total. The van der Waals surface area contributed by atoms with Gasteiger partial charge in [-0.3, -0.25) is 0 Å². The topological polar surface area (TPSA) is 55.4 Å². The van der Waals surface area contributed by atoms with Gasteiger partial charge in [-0.15, -0.1) is 0 Å². The van der Waals surface area contributed by atoms with Crippen molar-refractivity contribution in [3.63, 3.8) is 0 Å². The molecule has 0 bridgehead atoms. The normalized spacial score (nSPS) is 32.2. The molecular formula is C27H23Cl3O6. The molecule has 3 aromatic carbocycles. The summed E-state index contributed by atoms with van der Waals surface area (Å²) in [6, 6.07) is 22.2. The average Bonchev–Trinajstić information content (AvgIpc) is 3.38. The molecule has 7 atom stereocenters. The van der Waals surface area contributed by atoms with Crippen LogP contribution in [0.15, 0.2) is 72.8 Å². The second-order valence-corrected chi connectivity index (χ2v) is 10.2. The molecule has 0 radical (unpaired) electrons. The van der Waals surface area contributed by atoms with Crippen LogP contribution < -0.4 is 0 Å². The van der Waals surface area contributed by atoms with Crippen molar-refractivity contribution in [1.82, 2.24) is 0 Å². The zero-order valence-electron chi connectivity index (χ0n) is 19.0. The Balaban J connectivity index is 1.27. The third kappa shape index (κ3) is 5.16. The van der Waals surface area contributed by atoms with E-state index >= 15 is 0 Å². The lowest BCUT2D eigenvalue weighted by Crippen LogP contribution is -2.58. The minimum absolute atomic E-state index is 0.310. The van der Waals surface area contributed by atoms with E-state index < -0.39 is 43.3 Å². The Morgan fingerprint density at radius 1 is 0.500 bits per heavy atom. The number of hydrogen-bond donors (Lipinski definition) is 0. The van der Waals surface area contributed by atoms with Crippen LogP contribution in [0.3, 0.4) is 0 Å². The summed E-state index contributed by atoms with van der Waals surface area (Å²) < 4.78 is 37.5. The van der Waals surface area contributed by atoms with Gasteiger partial charge in [-0.05, 0) is 36.4 Å². The highest BCUT2D eigenvalue weighted by molar-refractivity contribution is 6.31. The zero-order valence-corrected chi connectivity index (χ0v) is 21.2. The molecule has 3 unspecified atom stereocenters. The molecule has 0 saturated carbocycles. The predicted molar refractivity (Wildman–Crippen MR) is 134 cm³/mol. The molecule has 9 heteroatoms. The molecule has 3 aliphatic rings. The Labute approximate surface area is 223 Å². The molecule has 3 fully saturated rings. The predicted octanol–water partition coefficient (Wildman–Crippen LogP) is 6.66.